The molecule has 82 heavy (non-hydrogen) atoms. The Morgan fingerprint density at radius 1 is 0.402 bits per heavy atom. The van der Waals surface area contributed by atoms with Crippen molar-refractivity contribution in [2.75, 3.05) is 33.0 Å². The van der Waals surface area contributed by atoms with Crippen molar-refractivity contribution < 1.29 is 162 Å². The van der Waals surface area contributed by atoms with Crippen molar-refractivity contribution in [3.8, 4) is 0 Å². The van der Waals surface area contributed by atoms with Crippen LogP contribution in [0.1, 0.15) is 94.9 Å². The summed E-state index contributed by atoms with van der Waals surface area (Å²) in [6.07, 6.45) is -28.5. The van der Waals surface area contributed by atoms with Crippen LogP contribution in [-0.2, 0) is 110 Å². The molecule has 0 aromatic rings. The van der Waals surface area contributed by atoms with Crippen LogP contribution in [0.4, 0.5) is 52.7 Å². The van der Waals surface area contributed by atoms with Gasteiger partial charge in [0.05, 0.1) is 13.2 Å². The van der Waals surface area contributed by atoms with Gasteiger partial charge in [-0.15, -0.1) is 0 Å². The van der Waals surface area contributed by atoms with Gasteiger partial charge in [0.25, 0.3) is 0 Å². The molecular formula is C46H59F12NO23. The summed E-state index contributed by atoms with van der Waals surface area (Å²) in [5.41, 5.74) is -2.78. The fraction of sp³-hybridized carbons (Fsp3) is 0.783. The van der Waals surface area contributed by atoms with Crippen molar-refractivity contribution in [3.63, 3.8) is 0 Å². The van der Waals surface area contributed by atoms with Crippen molar-refractivity contribution in [1.29, 1.82) is 0 Å². The number of carbonyl (C=O) groups is 10. The van der Waals surface area contributed by atoms with Crippen LogP contribution in [0.2, 0.25) is 0 Å². The van der Waals surface area contributed by atoms with E-state index in [9.17, 15) is 91.8 Å². The molecule has 0 aliphatic carbocycles. The van der Waals surface area contributed by atoms with Crippen LogP contribution in [0.3, 0.4) is 0 Å². The largest absolute Gasteiger partial charge is 0.463 e. The molecule has 470 valence electrons. The van der Waals surface area contributed by atoms with Crippen molar-refractivity contribution in [2.24, 2.45) is 0 Å². The Labute approximate surface area is 457 Å². The van der Waals surface area contributed by atoms with Crippen molar-refractivity contribution in [2.45, 2.75) is 197 Å². The van der Waals surface area contributed by atoms with E-state index in [-0.39, 0.29) is 6.92 Å². The molecule has 1 N–H and O–H groups in total. The molecule has 2 aliphatic rings. The maximum absolute atomic E-state index is 15.1. The molecule has 0 unspecified atom stereocenters. The third kappa shape index (κ3) is 18.3. The number of amides is 1. The summed E-state index contributed by atoms with van der Waals surface area (Å²) >= 11 is 0. The van der Waals surface area contributed by atoms with Crippen molar-refractivity contribution in [1.82, 2.24) is 5.32 Å². The van der Waals surface area contributed by atoms with E-state index in [1.165, 1.54) is 0 Å². The molecule has 2 saturated heterocycles. The smallest absolute Gasteiger partial charge is 0.384 e. The Morgan fingerprint density at radius 3 is 1.04 bits per heavy atom. The lowest BCUT2D eigenvalue weighted by Crippen LogP contribution is -2.70. The van der Waals surface area contributed by atoms with Gasteiger partial charge < -0.3 is 66.9 Å². The molecule has 0 aromatic carbocycles. The van der Waals surface area contributed by atoms with Crippen LogP contribution in [0.15, 0.2) is 0 Å². The summed E-state index contributed by atoms with van der Waals surface area (Å²) in [4.78, 5) is 125. The fourth-order valence-electron chi connectivity index (χ4n) is 7.66. The van der Waals surface area contributed by atoms with E-state index in [4.69, 9.17) is 61.6 Å². The minimum absolute atomic E-state index is 0.0610. The molecule has 2 aliphatic heterocycles. The van der Waals surface area contributed by atoms with Gasteiger partial charge in [-0.2, -0.15) is 52.7 Å². The zero-order valence-electron chi connectivity index (χ0n) is 45.1. The Bertz CT molecular complexity index is 2210. The van der Waals surface area contributed by atoms with E-state index in [1.54, 1.807) is 0 Å². The van der Waals surface area contributed by atoms with Crippen LogP contribution in [0.25, 0.3) is 0 Å². The first-order valence-electron chi connectivity index (χ1n) is 24.0. The second kappa shape index (κ2) is 28.8. The number of alkyl halides is 12. The average molecular weight is 1220 g/mol. The summed E-state index contributed by atoms with van der Waals surface area (Å²) in [6.45, 7) is 1.61. The molecule has 0 spiro atoms. The van der Waals surface area contributed by atoms with Crippen molar-refractivity contribution in [3.05, 3.63) is 0 Å². The normalized spacial score (nSPS) is 23.7. The highest BCUT2D eigenvalue weighted by atomic mass is 19.4. The maximum atomic E-state index is 15.1. The number of nitrogens with one attached hydrogen (secondary N) is 1. The highest BCUT2D eigenvalue weighted by Crippen LogP contribution is 2.61. The van der Waals surface area contributed by atoms with E-state index < -0.39 is 221 Å². The zero-order chi connectivity index (χ0) is 63.3. The highest BCUT2D eigenvalue weighted by molar-refractivity contribution is 5.77. The standard InChI is InChI=1S/C46H59F12NO23/c1-11-41(47,48)43(51,52)45(55,56)46(57,58)44(53,54)42(49,50)14-12-13-31(69)59-40(17-72-22(4)62,18-73-38-36(79-27(9)67)34(77-25(7)65)32(75-23(5)63)29(81-38)15-70-20(2)60)19-74-39-37(80-28(10)68)35(78-26(8)66)33(76-24(6)64)30(82-39)16-71-21(3)61/h29-30,32-39H,11-19H2,1-10H3,(H,59,69)/t29-,30-,32-,33-,34+,35+,36-,37-,38-,39-/m1/s1. The second-order valence-electron chi connectivity index (χ2n) is 18.3. The monoisotopic (exact) mass is 1220 g/mol. The first kappa shape index (κ1) is 71.8. The number of hydrogen-bond acceptors (Lipinski definition) is 23. The molecule has 24 nitrogen and oxygen atoms in total. The topological polar surface area (TPSA) is 303 Å². The molecule has 0 saturated carbocycles. The third-order valence-electron chi connectivity index (χ3n) is 11.3. The number of hydrogen-bond donors (Lipinski definition) is 1. The van der Waals surface area contributed by atoms with Gasteiger partial charge in [-0.05, 0) is 6.42 Å². The Morgan fingerprint density at radius 2 is 0.720 bits per heavy atom. The summed E-state index contributed by atoms with van der Waals surface area (Å²) in [6, 6.07) is 0. The molecule has 1 amide bonds. The third-order valence-corrected chi connectivity index (χ3v) is 11.3. The molecule has 36 heteroatoms. The predicted octanol–water partition coefficient (Wildman–Crippen LogP) is 4.00. The first-order chi connectivity index (χ1) is 37.4. The van der Waals surface area contributed by atoms with Crippen LogP contribution in [0.5, 0.6) is 0 Å². The number of halogens is 12. The Balaban J connectivity index is 2.92. The molecule has 2 fully saturated rings. The number of esters is 9. The molecule has 0 aromatic heterocycles. The molecule has 10 atom stereocenters. The van der Waals surface area contributed by atoms with Gasteiger partial charge in [-0.25, -0.2) is 0 Å². The van der Waals surface area contributed by atoms with E-state index in [0.717, 1.165) is 62.3 Å². The Kier molecular flexibility index (Phi) is 25.2. The first-order valence-corrected chi connectivity index (χ1v) is 24.0. The number of carbonyl (C=O) groups excluding carboxylic acids is 10. The summed E-state index contributed by atoms with van der Waals surface area (Å²) < 4.78 is 244. The van der Waals surface area contributed by atoms with Gasteiger partial charge in [-0.3, -0.25) is 47.9 Å². The minimum atomic E-state index is -7.94. The fourth-order valence-corrected chi connectivity index (χ4v) is 7.66. The van der Waals surface area contributed by atoms with Gasteiger partial charge in [0.1, 0.15) is 37.6 Å². The van der Waals surface area contributed by atoms with Gasteiger partial charge in [0, 0.05) is 81.6 Å². The average Bonchev–Trinajstić information content (AvgIpc) is 3.37. The molecule has 0 bridgehead atoms. The van der Waals surface area contributed by atoms with Crippen LogP contribution in [0, 0.1) is 0 Å². The maximum Gasteiger partial charge on any atom is 0.384 e. The molecular weight excluding hydrogens is 1160 g/mol. The highest BCUT2D eigenvalue weighted by Gasteiger charge is 2.89. The zero-order valence-corrected chi connectivity index (χ0v) is 45.1. The van der Waals surface area contributed by atoms with Crippen molar-refractivity contribution >= 4 is 59.6 Å². The van der Waals surface area contributed by atoms with E-state index in [1.807, 2.05) is 5.32 Å². The van der Waals surface area contributed by atoms with Crippen LogP contribution in [-0.4, -0.2) is 195 Å². The van der Waals surface area contributed by atoms with E-state index >= 15 is 8.78 Å². The molecule has 2 heterocycles. The van der Waals surface area contributed by atoms with E-state index in [0.29, 0.717) is 0 Å². The molecule has 0 radical (unpaired) electrons. The lowest BCUT2D eigenvalue weighted by Gasteiger charge is -2.46. The van der Waals surface area contributed by atoms with Crippen LogP contribution < -0.4 is 5.32 Å². The SMILES string of the molecule is CCC(F)(F)C(F)(F)C(F)(F)C(F)(F)C(F)(F)C(F)(F)CCCC(=O)NC(COC(C)=O)(CO[C@@H]1O[C@H](COC(C)=O)[C@@H](OC(C)=O)[C@H](OC(C)=O)[C@H]1OC(C)=O)CO[C@@H]1O[C@H](COC(C)=O)[C@@H](OC(C)=O)[C@H](OC(C)=O)[C@H]1OC(C)=O. The quantitative estimate of drug-likeness (QED) is 0.0629. The summed E-state index contributed by atoms with van der Waals surface area (Å²) in [5.74, 6) is -55.4. The van der Waals surface area contributed by atoms with E-state index in [2.05, 4.69) is 0 Å². The lowest BCUT2D eigenvalue weighted by molar-refractivity contribution is -0.425. The van der Waals surface area contributed by atoms with Gasteiger partial charge in [0.15, 0.2) is 49.2 Å². The minimum Gasteiger partial charge on any atom is -0.463 e. The van der Waals surface area contributed by atoms with Crippen LogP contribution >= 0.6 is 0 Å². The second-order valence-corrected chi connectivity index (χ2v) is 18.3. The van der Waals surface area contributed by atoms with Gasteiger partial charge in [0.2, 0.25) is 5.91 Å². The number of rotatable bonds is 29. The van der Waals surface area contributed by atoms with Gasteiger partial charge in [-0.1, -0.05) is 6.92 Å². The predicted molar refractivity (Wildman–Crippen MR) is 237 cm³/mol. The Hall–Kier alpha value is -6.30. The summed E-state index contributed by atoms with van der Waals surface area (Å²) in [7, 11) is 0. The summed E-state index contributed by atoms with van der Waals surface area (Å²) in [5, 5.41) is 2.03. The number of ether oxygens (including phenoxy) is 13. The lowest BCUT2D eigenvalue weighted by atomic mass is 9.89. The van der Waals surface area contributed by atoms with Gasteiger partial charge >= 0.3 is 89.3 Å². The molecule has 2 rings (SSSR count).